The van der Waals surface area contributed by atoms with Gasteiger partial charge in [-0.05, 0) is 25.5 Å². The summed E-state index contributed by atoms with van der Waals surface area (Å²) in [7, 11) is 3.52. The molecule has 2 aliphatic heterocycles. The highest BCUT2D eigenvalue weighted by molar-refractivity contribution is 7.18. The minimum Gasteiger partial charge on any atom is -0.397 e. The zero-order valence-corrected chi connectivity index (χ0v) is 12.9. The molecule has 3 heterocycles. The highest BCUT2D eigenvalue weighted by Crippen LogP contribution is 2.35. The van der Waals surface area contributed by atoms with Crippen LogP contribution in [0.25, 0.3) is 0 Å². The lowest BCUT2D eigenvalue weighted by Crippen LogP contribution is -2.49. The molecule has 1 amide bonds. The van der Waals surface area contributed by atoms with Crippen LogP contribution in [0.5, 0.6) is 0 Å². The van der Waals surface area contributed by atoms with Crippen molar-refractivity contribution in [1.29, 1.82) is 0 Å². The van der Waals surface area contributed by atoms with Crippen LogP contribution in [0.15, 0.2) is 6.07 Å². The maximum Gasteiger partial charge on any atom is 0.265 e. The van der Waals surface area contributed by atoms with Gasteiger partial charge in [-0.2, -0.15) is 0 Å². The van der Waals surface area contributed by atoms with Crippen LogP contribution in [-0.2, 0) is 0 Å². The molecule has 2 fully saturated rings. The molecule has 1 atom stereocenters. The molecule has 0 saturated carbocycles. The smallest absolute Gasteiger partial charge is 0.265 e. The maximum atomic E-state index is 12.1. The molecule has 0 aliphatic carbocycles. The Morgan fingerprint density at radius 3 is 2.95 bits per heavy atom. The summed E-state index contributed by atoms with van der Waals surface area (Å²) >= 11 is 1.53. The Bertz CT molecular complexity index is 513. The van der Waals surface area contributed by atoms with Gasteiger partial charge in [0.05, 0.1) is 10.7 Å². The van der Waals surface area contributed by atoms with Crippen molar-refractivity contribution in [3.05, 3.63) is 10.9 Å². The van der Waals surface area contributed by atoms with E-state index in [1.165, 1.54) is 30.7 Å². The van der Waals surface area contributed by atoms with Crippen molar-refractivity contribution in [3.8, 4) is 0 Å². The highest BCUT2D eigenvalue weighted by atomic mass is 32.1. The molecular formula is C14H22N4OS. The van der Waals surface area contributed by atoms with Gasteiger partial charge >= 0.3 is 0 Å². The number of carbonyl (C=O) groups is 1. The quantitative estimate of drug-likeness (QED) is 0.894. The SMILES string of the molecule is CN(C)C(=O)c1sc(N2CCN3CCCC3C2)cc1N. The van der Waals surface area contributed by atoms with Crippen LogP contribution >= 0.6 is 11.3 Å². The van der Waals surface area contributed by atoms with Crippen LogP contribution in [0, 0.1) is 0 Å². The van der Waals surface area contributed by atoms with Crippen LogP contribution in [0.2, 0.25) is 0 Å². The molecular weight excluding hydrogens is 272 g/mol. The maximum absolute atomic E-state index is 12.1. The van der Waals surface area contributed by atoms with Gasteiger partial charge in [-0.1, -0.05) is 0 Å². The second-order valence-corrected chi connectivity index (χ2v) is 6.88. The number of piperazine rings is 1. The number of hydrogen-bond donors (Lipinski definition) is 1. The van der Waals surface area contributed by atoms with E-state index in [0.717, 1.165) is 24.6 Å². The van der Waals surface area contributed by atoms with Crippen LogP contribution in [0.3, 0.4) is 0 Å². The minimum atomic E-state index is -0.00162. The second kappa shape index (κ2) is 5.26. The second-order valence-electron chi connectivity index (χ2n) is 5.85. The van der Waals surface area contributed by atoms with Gasteiger partial charge in [-0.3, -0.25) is 9.69 Å². The number of anilines is 2. The molecule has 110 valence electrons. The summed E-state index contributed by atoms with van der Waals surface area (Å²) in [5, 5.41) is 1.14. The van der Waals surface area contributed by atoms with E-state index in [9.17, 15) is 4.79 Å². The lowest BCUT2D eigenvalue weighted by atomic mass is 10.1. The first-order chi connectivity index (χ1) is 9.56. The number of hydrogen-bond acceptors (Lipinski definition) is 5. The molecule has 0 spiro atoms. The highest BCUT2D eigenvalue weighted by Gasteiger charge is 2.31. The molecule has 20 heavy (non-hydrogen) atoms. The first-order valence-corrected chi connectivity index (χ1v) is 7.98. The lowest BCUT2D eigenvalue weighted by Gasteiger charge is -2.38. The minimum absolute atomic E-state index is 0.00162. The molecule has 2 saturated heterocycles. The third kappa shape index (κ3) is 2.38. The Balaban J connectivity index is 1.77. The van der Waals surface area contributed by atoms with Crippen LogP contribution in [-0.4, -0.2) is 62.0 Å². The van der Waals surface area contributed by atoms with E-state index in [0.29, 0.717) is 16.6 Å². The molecule has 6 heteroatoms. The summed E-state index contributed by atoms with van der Waals surface area (Å²) in [5.74, 6) is -0.00162. The van der Waals surface area contributed by atoms with E-state index >= 15 is 0 Å². The summed E-state index contributed by atoms with van der Waals surface area (Å²) in [4.78, 5) is 19.3. The number of carbonyl (C=O) groups excluding carboxylic acids is 1. The number of amides is 1. The number of fused-ring (bicyclic) bond motifs is 1. The lowest BCUT2D eigenvalue weighted by molar-refractivity contribution is 0.0833. The first-order valence-electron chi connectivity index (χ1n) is 7.16. The van der Waals surface area contributed by atoms with Crippen LogP contribution in [0.4, 0.5) is 10.7 Å². The van der Waals surface area contributed by atoms with Crippen LogP contribution in [0.1, 0.15) is 22.5 Å². The number of nitrogens with two attached hydrogens (primary N) is 1. The number of nitrogen functional groups attached to an aromatic ring is 1. The van der Waals surface area contributed by atoms with Crippen molar-refractivity contribution in [2.24, 2.45) is 0 Å². The fraction of sp³-hybridized carbons (Fsp3) is 0.643. The predicted octanol–water partition coefficient (Wildman–Crippen LogP) is 1.32. The fourth-order valence-electron chi connectivity index (χ4n) is 3.11. The molecule has 1 aromatic rings. The van der Waals surface area contributed by atoms with Crippen molar-refractivity contribution >= 4 is 27.9 Å². The zero-order chi connectivity index (χ0) is 14.3. The molecule has 0 aromatic carbocycles. The number of nitrogens with zero attached hydrogens (tertiary/aromatic N) is 3. The fourth-order valence-corrected chi connectivity index (χ4v) is 4.25. The Morgan fingerprint density at radius 2 is 2.20 bits per heavy atom. The number of thiophene rings is 1. The molecule has 0 radical (unpaired) electrons. The van der Waals surface area contributed by atoms with E-state index in [1.54, 1.807) is 19.0 Å². The van der Waals surface area contributed by atoms with E-state index < -0.39 is 0 Å². The van der Waals surface area contributed by atoms with Gasteiger partial charge in [-0.25, -0.2) is 0 Å². The molecule has 1 unspecified atom stereocenters. The van der Waals surface area contributed by atoms with E-state index in [2.05, 4.69) is 9.80 Å². The van der Waals surface area contributed by atoms with Gasteiger partial charge in [0, 0.05) is 39.8 Å². The van der Waals surface area contributed by atoms with E-state index in [1.807, 2.05) is 6.07 Å². The average Bonchev–Trinajstić information content (AvgIpc) is 3.02. The van der Waals surface area contributed by atoms with Gasteiger partial charge < -0.3 is 15.5 Å². The topological polar surface area (TPSA) is 52.8 Å². The monoisotopic (exact) mass is 294 g/mol. The van der Waals surface area contributed by atoms with Crippen molar-refractivity contribution in [3.63, 3.8) is 0 Å². The molecule has 5 nitrogen and oxygen atoms in total. The number of rotatable bonds is 2. The predicted molar refractivity (Wildman–Crippen MR) is 83.6 cm³/mol. The molecule has 2 N–H and O–H groups in total. The Hall–Kier alpha value is -1.27. The van der Waals surface area contributed by atoms with Crippen molar-refractivity contribution in [1.82, 2.24) is 9.80 Å². The zero-order valence-electron chi connectivity index (χ0n) is 12.1. The average molecular weight is 294 g/mol. The van der Waals surface area contributed by atoms with E-state index in [4.69, 9.17) is 5.73 Å². The summed E-state index contributed by atoms with van der Waals surface area (Å²) in [5.41, 5.74) is 6.63. The summed E-state index contributed by atoms with van der Waals surface area (Å²) < 4.78 is 0. The third-order valence-corrected chi connectivity index (χ3v) is 5.45. The van der Waals surface area contributed by atoms with Gasteiger partial charge in [0.2, 0.25) is 0 Å². The third-order valence-electron chi connectivity index (χ3n) is 4.25. The summed E-state index contributed by atoms with van der Waals surface area (Å²) in [6.07, 6.45) is 2.61. The molecule has 3 rings (SSSR count). The van der Waals surface area contributed by atoms with E-state index in [-0.39, 0.29) is 5.91 Å². The molecule has 1 aromatic heterocycles. The Kier molecular flexibility index (Phi) is 3.60. The normalized spacial score (nSPS) is 22.9. The van der Waals surface area contributed by atoms with Crippen LogP contribution < -0.4 is 10.6 Å². The van der Waals surface area contributed by atoms with Gasteiger partial charge in [0.15, 0.2) is 0 Å². The Labute approximate surface area is 123 Å². The molecule has 2 aliphatic rings. The van der Waals surface area contributed by atoms with Crippen molar-refractivity contribution in [2.45, 2.75) is 18.9 Å². The molecule has 0 bridgehead atoms. The van der Waals surface area contributed by atoms with Crippen molar-refractivity contribution < 1.29 is 4.79 Å². The summed E-state index contributed by atoms with van der Waals surface area (Å²) in [6.45, 7) is 4.47. The van der Waals surface area contributed by atoms with Gasteiger partial charge in [0.1, 0.15) is 4.88 Å². The summed E-state index contributed by atoms with van der Waals surface area (Å²) in [6, 6.07) is 2.64. The van der Waals surface area contributed by atoms with Gasteiger partial charge in [-0.15, -0.1) is 11.3 Å². The van der Waals surface area contributed by atoms with Crippen molar-refractivity contribution in [2.75, 3.05) is 50.9 Å². The van der Waals surface area contributed by atoms with Gasteiger partial charge in [0.25, 0.3) is 5.91 Å². The first kappa shape index (κ1) is 13.7. The standard InChI is InChI=1S/C14H22N4OS/c1-16(2)14(19)13-11(15)8-12(20-13)18-7-6-17-5-3-4-10(17)9-18/h8,10H,3-7,9,15H2,1-2H3. The Morgan fingerprint density at radius 1 is 1.40 bits per heavy atom. The largest absolute Gasteiger partial charge is 0.397 e.